The Hall–Kier alpha value is -1.69. The summed E-state index contributed by atoms with van der Waals surface area (Å²) in [5.41, 5.74) is -0.0103. The molecule has 0 aromatic carbocycles. The maximum atomic E-state index is 14.1. The van der Waals surface area contributed by atoms with Crippen LogP contribution in [-0.4, -0.2) is 17.1 Å². The van der Waals surface area contributed by atoms with E-state index in [-0.39, 0.29) is 23.7 Å². The van der Waals surface area contributed by atoms with E-state index in [1.165, 1.54) is 7.11 Å². The second kappa shape index (κ2) is 3.91. The van der Waals surface area contributed by atoms with Gasteiger partial charge in [0.15, 0.2) is 0 Å². The highest BCUT2D eigenvalue weighted by molar-refractivity contribution is 5.73. The van der Waals surface area contributed by atoms with Crippen LogP contribution in [0.15, 0.2) is 15.4 Å². The Morgan fingerprint density at radius 2 is 2.00 bits per heavy atom. The smallest absolute Gasteiger partial charge is 0.326 e. The zero-order valence-corrected chi connectivity index (χ0v) is 9.88. The number of fused-ring (bicyclic) bond motifs is 1. The normalized spacial score (nSPS) is 23.1. The summed E-state index contributed by atoms with van der Waals surface area (Å²) in [4.78, 5) is 27.9. The van der Waals surface area contributed by atoms with Crippen molar-refractivity contribution in [2.45, 2.75) is 25.4 Å². The highest BCUT2D eigenvalue weighted by Crippen LogP contribution is 2.48. The molecule has 2 aliphatic carbocycles. The lowest BCUT2D eigenvalue weighted by Crippen LogP contribution is -2.31. The minimum absolute atomic E-state index is 0.0781. The van der Waals surface area contributed by atoms with Crippen LogP contribution in [0.3, 0.4) is 0 Å². The molecule has 1 aromatic rings. The molecule has 1 atom stereocenters. The molecule has 1 aromatic heterocycles. The maximum absolute atomic E-state index is 14.1. The topological polar surface area (TPSA) is 75.0 Å². The first-order chi connectivity index (χ1) is 8.61. The average molecular weight is 252 g/mol. The molecule has 1 unspecified atom stereocenters. The molecule has 0 aliphatic heterocycles. The van der Waals surface area contributed by atoms with Crippen molar-refractivity contribution in [3.05, 3.63) is 37.9 Å². The Morgan fingerprint density at radius 1 is 1.28 bits per heavy atom. The third-order valence-electron chi connectivity index (χ3n) is 3.49. The van der Waals surface area contributed by atoms with Gasteiger partial charge in [-0.15, -0.1) is 0 Å². The van der Waals surface area contributed by atoms with Crippen LogP contribution >= 0.6 is 0 Å². The van der Waals surface area contributed by atoms with Gasteiger partial charge in [0.25, 0.3) is 5.56 Å². The summed E-state index contributed by atoms with van der Waals surface area (Å²) in [6, 6.07) is 0. The predicted molar refractivity (Wildman–Crippen MR) is 62.8 cm³/mol. The first kappa shape index (κ1) is 11.4. The molecule has 3 rings (SSSR count). The summed E-state index contributed by atoms with van der Waals surface area (Å²) >= 11 is 0. The van der Waals surface area contributed by atoms with E-state index in [2.05, 4.69) is 9.97 Å². The minimum atomic E-state index is -0.600. The fourth-order valence-corrected chi connectivity index (χ4v) is 2.52. The van der Waals surface area contributed by atoms with Crippen LogP contribution in [0.4, 0.5) is 4.39 Å². The average Bonchev–Trinajstić information content (AvgIpc) is 3.13. The second-order valence-corrected chi connectivity index (χ2v) is 4.72. The molecule has 2 N–H and O–H groups in total. The van der Waals surface area contributed by atoms with Crippen LogP contribution < -0.4 is 11.2 Å². The molecule has 1 saturated carbocycles. The Morgan fingerprint density at radius 3 is 2.61 bits per heavy atom. The van der Waals surface area contributed by atoms with Crippen LogP contribution in [-0.2, 0) is 4.74 Å². The van der Waals surface area contributed by atoms with Crippen LogP contribution in [0.25, 0.3) is 5.57 Å². The number of ether oxygens (including phenoxy) is 1. The number of aromatic nitrogens is 2. The van der Waals surface area contributed by atoms with Gasteiger partial charge in [0.05, 0.1) is 11.3 Å². The van der Waals surface area contributed by atoms with E-state index in [9.17, 15) is 14.0 Å². The van der Waals surface area contributed by atoms with Gasteiger partial charge in [-0.3, -0.25) is 9.78 Å². The first-order valence-electron chi connectivity index (χ1n) is 5.90. The van der Waals surface area contributed by atoms with Gasteiger partial charge in [-0.1, -0.05) is 0 Å². The molecule has 96 valence electrons. The van der Waals surface area contributed by atoms with Gasteiger partial charge in [-0.2, -0.15) is 0 Å². The standard InChI is InChI=1S/C12H13FN2O3/c1-18-7-4-6(13)8(5-2-3-5)9-10(7)14-12(17)15-11(9)16/h5,7H,2-4H2,1H3,(H2,14,15,16,17). The zero-order chi connectivity index (χ0) is 12.9. The number of halogens is 1. The van der Waals surface area contributed by atoms with Crippen molar-refractivity contribution in [2.75, 3.05) is 7.11 Å². The van der Waals surface area contributed by atoms with E-state index in [0.29, 0.717) is 11.3 Å². The molecule has 0 radical (unpaired) electrons. The van der Waals surface area contributed by atoms with Crippen molar-refractivity contribution in [1.82, 2.24) is 9.97 Å². The van der Waals surface area contributed by atoms with Crippen LogP contribution in [0.2, 0.25) is 0 Å². The summed E-state index contributed by atoms with van der Waals surface area (Å²) < 4.78 is 19.2. The Balaban J connectivity index is 2.29. The highest BCUT2D eigenvalue weighted by atomic mass is 19.1. The SMILES string of the molecule is COC1CC(F)=C(C2CC2)c2c1[nH]c(=O)[nH]c2=O. The minimum Gasteiger partial charge on any atom is -0.375 e. The van der Waals surface area contributed by atoms with E-state index in [4.69, 9.17) is 4.74 Å². The molecule has 1 fully saturated rings. The summed E-state index contributed by atoms with van der Waals surface area (Å²) in [5.74, 6) is -0.192. The molecule has 5 nitrogen and oxygen atoms in total. The predicted octanol–water partition coefficient (Wildman–Crippen LogP) is 1.25. The first-order valence-corrected chi connectivity index (χ1v) is 5.90. The lowest BCUT2D eigenvalue weighted by molar-refractivity contribution is 0.0925. The number of nitrogens with one attached hydrogen (secondary N) is 2. The van der Waals surface area contributed by atoms with Crippen molar-refractivity contribution in [3.8, 4) is 0 Å². The Bertz CT molecular complexity index is 639. The number of rotatable bonds is 2. The maximum Gasteiger partial charge on any atom is 0.326 e. The van der Waals surface area contributed by atoms with E-state index in [0.717, 1.165) is 12.8 Å². The zero-order valence-electron chi connectivity index (χ0n) is 9.88. The third-order valence-corrected chi connectivity index (χ3v) is 3.49. The molecular weight excluding hydrogens is 239 g/mol. The van der Waals surface area contributed by atoms with E-state index >= 15 is 0 Å². The molecule has 2 aliphatic rings. The van der Waals surface area contributed by atoms with Gasteiger partial charge in [0, 0.05) is 19.1 Å². The van der Waals surface area contributed by atoms with Crippen molar-refractivity contribution < 1.29 is 9.13 Å². The third kappa shape index (κ3) is 1.64. The van der Waals surface area contributed by atoms with Gasteiger partial charge in [0.1, 0.15) is 11.9 Å². The van der Waals surface area contributed by atoms with Crippen molar-refractivity contribution in [1.29, 1.82) is 0 Å². The van der Waals surface area contributed by atoms with Crippen LogP contribution in [0, 0.1) is 5.92 Å². The Labute approximate surface area is 102 Å². The molecule has 6 heteroatoms. The summed E-state index contributed by atoms with van der Waals surface area (Å²) in [7, 11) is 1.43. The molecule has 1 heterocycles. The number of aromatic amines is 2. The summed E-state index contributed by atoms with van der Waals surface area (Å²) in [6.45, 7) is 0. The van der Waals surface area contributed by atoms with Gasteiger partial charge >= 0.3 is 5.69 Å². The monoisotopic (exact) mass is 252 g/mol. The van der Waals surface area contributed by atoms with Gasteiger partial charge in [0.2, 0.25) is 0 Å². The largest absolute Gasteiger partial charge is 0.375 e. The number of allylic oxidation sites excluding steroid dienone is 1. The van der Waals surface area contributed by atoms with E-state index in [1.807, 2.05) is 0 Å². The van der Waals surface area contributed by atoms with Crippen LogP contribution in [0.5, 0.6) is 0 Å². The molecular formula is C12H13FN2O3. The van der Waals surface area contributed by atoms with Crippen molar-refractivity contribution >= 4 is 5.57 Å². The van der Waals surface area contributed by atoms with Gasteiger partial charge in [-0.05, 0) is 18.8 Å². The van der Waals surface area contributed by atoms with Gasteiger partial charge < -0.3 is 9.72 Å². The quantitative estimate of drug-likeness (QED) is 0.831. The van der Waals surface area contributed by atoms with Crippen molar-refractivity contribution in [2.24, 2.45) is 5.92 Å². The lowest BCUT2D eigenvalue weighted by atomic mass is 9.90. The number of hydrogen-bond acceptors (Lipinski definition) is 3. The highest BCUT2D eigenvalue weighted by Gasteiger charge is 2.38. The van der Waals surface area contributed by atoms with Gasteiger partial charge in [-0.25, -0.2) is 9.18 Å². The summed E-state index contributed by atoms with van der Waals surface area (Å²) in [5, 5.41) is 0. The molecule has 0 saturated heterocycles. The Kier molecular flexibility index (Phi) is 2.48. The molecule has 0 amide bonds. The fourth-order valence-electron chi connectivity index (χ4n) is 2.52. The number of H-pyrrole nitrogens is 2. The second-order valence-electron chi connectivity index (χ2n) is 4.72. The number of methoxy groups -OCH3 is 1. The summed E-state index contributed by atoms with van der Waals surface area (Å²) in [6.07, 6.45) is 1.25. The molecule has 0 spiro atoms. The van der Waals surface area contributed by atoms with Crippen LogP contribution in [0.1, 0.15) is 36.6 Å². The fraction of sp³-hybridized carbons (Fsp3) is 0.500. The van der Waals surface area contributed by atoms with E-state index < -0.39 is 17.4 Å². The van der Waals surface area contributed by atoms with Crippen molar-refractivity contribution in [3.63, 3.8) is 0 Å². The number of hydrogen-bond donors (Lipinski definition) is 2. The molecule has 18 heavy (non-hydrogen) atoms. The molecule has 0 bridgehead atoms. The lowest BCUT2D eigenvalue weighted by Gasteiger charge is -2.24. The van der Waals surface area contributed by atoms with E-state index in [1.54, 1.807) is 0 Å².